The smallest absolute Gasteiger partial charge is 0.258 e. The third kappa shape index (κ3) is 3.71. The summed E-state index contributed by atoms with van der Waals surface area (Å²) in [5.41, 5.74) is 1.51. The van der Waals surface area contributed by atoms with E-state index >= 15 is 0 Å². The molecule has 0 aliphatic carbocycles. The third-order valence-electron chi connectivity index (χ3n) is 5.78. The van der Waals surface area contributed by atoms with Crippen molar-refractivity contribution in [3.8, 4) is 16.9 Å². The number of pyridine rings is 1. The fourth-order valence-corrected chi connectivity index (χ4v) is 4.00. The molecule has 0 spiro atoms. The number of fused-ring (bicyclic) bond motifs is 1. The van der Waals surface area contributed by atoms with Crippen LogP contribution in [0.4, 0.5) is 8.78 Å². The van der Waals surface area contributed by atoms with E-state index in [1.807, 2.05) is 0 Å². The van der Waals surface area contributed by atoms with Gasteiger partial charge >= 0.3 is 0 Å². The number of aromatic nitrogens is 4. The minimum absolute atomic E-state index is 0.0398. The van der Waals surface area contributed by atoms with E-state index in [1.165, 1.54) is 10.7 Å². The van der Waals surface area contributed by atoms with Crippen LogP contribution in [0.15, 0.2) is 53.5 Å². The molecule has 162 valence electrons. The molecule has 0 bridgehead atoms. The van der Waals surface area contributed by atoms with Crippen LogP contribution in [0.5, 0.6) is 0 Å². The van der Waals surface area contributed by atoms with Crippen LogP contribution in [0.1, 0.15) is 23.2 Å². The van der Waals surface area contributed by atoms with Gasteiger partial charge in [0.2, 0.25) is 0 Å². The van der Waals surface area contributed by atoms with Gasteiger partial charge in [0.1, 0.15) is 5.69 Å². The van der Waals surface area contributed by atoms with E-state index in [0.29, 0.717) is 16.6 Å². The Morgan fingerprint density at radius 2 is 1.75 bits per heavy atom. The van der Waals surface area contributed by atoms with Crippen LogP contribution in [-0.4, -0.2) is 38.9 Å². The first-order valence-corrected chi connectivity index (χ1v) is 10.3. The first-order valence-electron chi connectivity index (χ1n) is 10.3. The number of H-pyrrole nitrogens is 1. The number of benzene rings is 2. The monoisotopic (exact) mass is 435 g/mol. The van der Waals surface area contributed by atoms with Gasteiger partial charge in [-0.25, -0.2) is 13.5 Å². The maximum atomic E-state index is 13.6. The Balaban J connectivity index is 1.42. The highest BCUT2D eigenvalue weighted by Crippen LogP contribution is 2.22. The molecule has 1 aliphatic rings. The Labute approximate surface area is 181 Å². The summed E-state index contributed by atoms with van der Waals surface area (Å²) in [6, 6.07) is 10.5. The van der Waals surface area contributed by atoms with Crippen LogP contribution in [0.3, 0.4) is 0 Å². The lowest BCUT2D eigenvalue weighted by Crippen LogP contribution is -2.31. The lowest BCUT2D eigenvalue weighted by atomic mass is 9.89. The molecule has 2 N–H and O–H groups in total. The first-order chi connectivity index (χ1) is 15.5. The van der Waals surface area contributed by atoms with Gasteiger partial charge in [-0.1, -0.05) is 5.21 Å². The SMILES string of the molecule is O=C(c1ccc(-n2cc(-c3cc4cc(F)c(F)cc4[nH]c3=O)nn2)cc1)C1CCNCC1. The summed E-state index contributed by atoms with van der Waals surface area (Å²) in [5, 5.41) is 11.7. The van der Waals surface area contributed by atoms with Crippen molar-refractivity contribution < 1.29 is 13.6 Å². The molecule has 9 heteroatoms. The standard InChI is InChI=1S/C23H19F2N5O2/c24-18-10-15-9-17(23(32)27-20(15)11-19(18)25)21-12-30(29-28-21)16-3-1-13(2-4-16)22(31)14-5-7-26-8-6-14/h1-4,9-12,14,26H,5-8H2,(H,27,32). The normalized spacial score (nSPS) is 14.7. The minimum Gasteiger partial charge on any atom is -0.321 e. The van der Waals surface area contributed by atoms with Crippen molar-refractivity contribution in [2.45, 2.75) is 12.8 Å². The lowest BCUT2D eigenvalue weighted by molar-refractivity contribution is 0.0895. The Morgan fingerprint density at radius 1 is 1.03 bits per heavy atom. The van der Waals surface area contributed by atoms with Crippen molar-refractivity contribution >= 4 is 16.7 Å². The molecule has 7 nitrogen and oxygen atoms in total. The average Bonchev–Trinajstić information content (AvgIpc) is 3.30. The maximum Gasteiger partial charge on any atom is 0.258 e. The highest BCUT2D eigenvalue weighted by molar-refractivity contribution is 5.98. The molecule has 2 aromatic carbocycles. The second-order valence-corrected chi connectivity index (χ2v) is 7.85. The summed E-state index contributed by atoms with van der Waals surface area (Å²) in [7, 11) is 0. The zero-order valence-electron chi connectivity index (χ0n) is 16.9. The number of hydrogen-bond acceptors (Lipinski definition) is 5. The van der Waals surface area contributed by atoms with E-state index in [4.69, 9.17) is 0 Å². The molecule has 0 amide bonds. The number of rotatable bonds is 4. The number of nitrogens with one attached hydrogen (secondary N) is 2. The Hall–Kier alpha value is -3.72. The Morgan fingerprint density at radius 3 is 2.50 bits per heavy atom. The molecule has 0 atom stereocenters. The van der Waals surface area contributed by atoms with Gasteiger partial charge in [-0.15, -0.1) is 5.10 Å². The summed E-state index contributed by atoms with van der Waals surface area (Å²) < 4.78 is 28.5. The van der Waals surface area contributed by atoms with Crippen molar-refractivity contribution in [2.24, 2.45) is 5.92 Å². The molecule has 3 heterocycles. The van der Waals surface area contributed by atoms with Crippen molar-refractivity contribution in [1.82, 2.24) is 25.3 Å². The number of carbonyl (C=O) groups is 1. The molecule has 0 radical (unpaired) electrons. The number of halogens is 2. The van der Waals surface area contributed by atoms with Gasteiger partial charge in [-0.2, -0.15) is 0 Å². The van der Waals surface area contributed by atoms with Gasteiger partial charge in [-0.05, 0) is 62.3 Å². The number of nitrogens with zero attached hydrogens (tertiary/aromatic N) is 3. The summed E-state index contributed by atoms with van der Waals surface area (Å²) in [6.45, 7) is 1.71. The van der Waals surface area contributed by atoms with Crippen LogP contribution in [0.2, 0.25) is 0 Å². The molecule has 1 saturated heterocycles. The van der Waals surface area contributed by atoms with E-state index < -0.39 is 17.2 Å². The summed E-state index contributed by atoms with van der Waals surface area (Å²) in [5.74, 6) is -1.85. The number of aromatic amines is 1. The molecule has 1 fully saturated rings. The molecule has 1 aliphatic heterocycles. The molecule has 0 unspecified atom stereocenters. The summed E-state index contributed by atoms with van der Waals surface area (Å²) >= 11 is 0. The van der Waals surface area contributed by atoms with E-state index in [-0.39, 0.29) is 28.5 Å². The predicted octanol–water partition coefficient (Wildman–Crippen LogP) is 3.24. The highest BCUT2D eigenvalue weighted by Gasteiger charge is 2.22. The van der Waals surface area contributed by atoms with Crippen LogP contribution >= 0.6 is 0 Å². The minimum atomic E-state index is -1.03. The van der Waals surface area contributed by atoms with E-state index in [2.05, 4.69) is 20.6 Å². The van der Waals surface area contributed by atoms with Gasteiger partial charge in [0.15, 0.2) is 17.4 Å². The quantitative estimate of drug-likeness (QED) is 0.480. The summed E-state index contributed by atoms with van der Waals surface area (Å²) in [6.07, 6.45) is 3.24. The predicted molar refractivity (Wildman–Crippen MR) is 115 cm³/mol. The third-order valence-corrected chi connectivity index (χ3v) is 5.78. The maximum absolute atomic E-state index is 13.6. The number of carbonyl (C=O) groups excluding carboxylic acids is 1. The van der Waals surface area contributed by atoms with Crippen LogP contribution in [0, 0.1) is 17.6 Å². The number of Topliss-reactive ketones (excluding diaryl/α,β-unsaturated/α-hetero) is 1. The van der Waals surface area contributed by atoms with Gasteiger partial charge in [0, 0.05) is 22.9 Å². The summed E-state index contributed by atoms with van der Waals surface area (Å²) in [4.78, 5) is 27.7. The fraction of sp³-hybridized carbons (Fsp3) is 0.217. The second-order valence-electron chi connectivity index (χ2n) is 7.85. The Bertz CT molecular complexity index is 1370. The molecular formula is C23H19F2N5O2. The molecule has 2 aromatic heterocycles. The number of piperidine rings is 1. The molecule has 4 aromatic rings. The molecular weight excluding hydrogens is 416 g/mol. The number of ketones is 1. The lowest BCUT2D eigenvalue weighted by Gasteiger charge is -2.21. The fourth-order valence-electron chi connectivity index (χ4n) is 4.00. The van der Waals surface area contributed by atoms with Gasteiger partial charge in [0.05, 0.1) is 23.0 Å². The van der Waals surface area contributed by atoms with Crippen LogP contribution in [0.25, 0.3) is 27.8 Å². The van der Waals surface area contributed by atoms with Crippen LogP contribution < -0.4 is 10.9 Å². The van der Waals surface area contributed by atoms with Gasteiger partial charge < -0.3 is 10.3 Å². The van der Waals surface area contributed by atoms with Gasteiger partial charge in [-0.3, -0.25) is 9.59 Å². The average molecular weight is 435 g/mol. The first kappa shape index (κ1) is 20.2. The van der Waals surface area contributed by atoms with E-state index in [0.717, 1.165) is 38.1 Å². The van der Waals surface area contributed by atoms with E-state index in [9.17, 15) is 18.4 Å². The zero-order chi connectivity index (χ0) is 22.2. The second kappa shape index (κ2) is 8.08. The zero-order valence-corrected chi connectivity index (χ0v) is 16.9. The molecule has 0 saturated carbocycles. The topological polar surface area (TPSA) is 92.7 Å². The highest BCUT2D eigenvalue weighted by atomic mass is 19.2. The van der Waals surface area contributed by atoms with Crippen LogP contribution in [-0.2, 0) is 0 Å². The van der Waals surface area contributed by atoms with Crippen molar-refractivity contribution in [1.29, 1.82) is 0 Å². The molecule has 5 rings (SSSR count). The van der Waals surface area contributed by atoms with Crippen molar-refractivity contribution in [3.05, 3.63) is 76.2 Å². The van der Waals surface area contributed by atoms with E-state index in [1.54, 1.807) is 30.5 Å². The van der Waals surface area contributed by atoms with Crippen molar-refractivity contribution in [2.75, 3.05) is 13.1 Å². The largest absolute Gasteiger partial charge is 0.321 e. The molecule has 32 heavy (non-hydrogen) atoms. The van der Waals surface area contributed by atoms with Gasteiger partial charge in [0.25, 0.3) is 5.56 Å². The van der Waals surface area contributed by atoms with Crippen molar-refractivity contribution in [3.63, 3.8) is 0 Å². The number of hydrogen-bond donors (Lipinski definition) is 2. The Kier molecular flexibility index (Phi) is 5.10.